The van der Waals surface area contributed by atoms with Crippen molar-refractivity contribution in [2.24, 2.45) is 5.92 Å². The molecular formula is C12H11FINO3. The van der Waals surface area contributed by atoms with Gasteiger partial charge in [0.05, 0.1) is 18.7 Å². The van der Waals surface area contributed by atoms with Crippen LogP contribution in [0.4, 0.5) is 10.1 Å². The zero-order valence-electron chi connectivity index (χ0n) is 9.65. The number of methoxy groups -OCH3 is 1. The van der Waals surface area contributed by atoms with Crippen LogP contribution in [-0.4, -0.2) is 25.5 Å². The molecule has 1 aromatic carbocycles. The third-order valence-electron chi connectivity index (χ3n) is 2.86. The van der Waals surface area contributed by atoms with Gasteiger partial charge in [-0.05, 0) is 40.8 Å². The molecule has 1 aliphatic rings. The predicted molar refractivity (Wildman–Crippen MR) is 71.6 cm³/mol. The quantitative estimate of drug-likeness (QED) is 0.596. The minimum absolute atomic E-state index is 0.110. The fraction of sp³-hybridized carbons (Fsp3) is 0.333. The summed E-state index contributed by atoms with van der Waals surface area (Å²) in [6, 6.07) is 4.24. The second kappa shape index (κ2) is 5.21. The van der Waals surface area contributed by atoms with Gasteiger partial charge < -0.3 is 9.64 Å². The summed E-state index contributed by atoms with van der Waals surface area (Å²) in [7, 11) is 1.29. The first-order chi connectivity index (χ1) is 8.52. The van der Waals surface area contributed by atoms with Gasteiger partial charge in [-0.25, -0.2) is 4.39 Å². The molecular weight excluding hydrogens is 352 g/mol. The van der Waals surface area contributed by atoms with E-state index in [4.69, 9.17) is 0 Å². The summed E-state index contributed by atoms with van der Waals surface area (Å²) in [5.74, 6) is -1.47. The first-order valence-electron chi connectivity index (χ1n) is 5.36. The van der Waals surface area contributed by atoms with Gasteiger partial charge in [0.25, 0.3) is 0 Å². The van der Waals surface area contributed by atoms with E-state index in [1.807, 2.05) is 22.6 Å². The van der Waals surface area contributed by atoms with E-state index in [1.165, 1.54) is 24.1 Å². The van der Waals surface area contributed by atoms with E-state index in [0.29, 0.717) is 5.69 Å². The Balaban J connectivity index is 2.27. The molecule has 18 heavy (non-hydrogen) atoms. The van der Waals surface area contributed by atoms with Crippen molar-refractivity contribution < 1.29 is 18.7 Å². The lowest BCUT2D eigenvalue weighted by Crippen LogP contribution is -2.27. The first kappa shape index (κ1) is 13.3. The van der Waals surface area contributed by atoms with Crippen molar-refractivity contribution in [1.82, 2.24) is 0 Å². The van der Waals surface area contributed by atoms with Crippen LogP contribution in [0.5, 0.6) is 0 Å². The number of anilines is 1. The Labute approximate surface area is 117 Å². The molecule has 0 saturated carbocycles. The molecule has 0 aromatic heterocycles. The molecule has 0 N–H and O–H groups in total. The van der Waals surface area contributed by atoms with Crippen molar-refractivity contribution in [2.75, 3.05) is 18.6 Å². The number of rotatable bonds is 2. The second-order valence-corrected chi connectivity index (χ2v) is 5.19. The average Bonchev–Trinajstić information content (AvgIpc) is 2.73. The molecule has 1 aliphatic heterocycles. The lowest BCUT2D eigenvalue weighted by Gasteiger charge is -2.18. The smallest absolute Gasteiger partial charge is 0.311 e. The monoisotopic (exact) mass is 363 g/mol. The lowest BCUT2D eigenvalue weighted by atomic mass is 10.1. The highest BCUT2D eigenvalue weighted by molar-refractivity contribution is 14.1. The van der Waals surface area contributed by atoms with Crippen LogP contribution in [0.3, 0.4) is 0 Å². The summed E-state index contributed by atoms with van der Waals surface area (Å²) >= 11 is 2.03. The minimum atomic E-state index is -0.471. The Morgan fingerprint density at radius 1 is 1.56 bits per heavy atom. The topological polar surface area (TPSA) is 46.6 Å². The average molecular weight is 363 g/mol. The van der Waals surface area contributed by atoms with Crippen LogP contribution in [0.1, 0.15) is 6.42 Å². The van der Waals surface area contributed by atoms with Gasteiger partial charge in [0.15, 0.2) is 0 Å². The van der Waals surface area contributed by atoms with Crippen molar-refractivity contribution in [3.8, 4) is 0 Å². The van der Waals surface area contributed by atoms with Crippen LogP contribution in [0.25, 0.3) is 0 Å². The number of hydrogen-bond donors (Lipinski definition) is 0. The van der Waals surface area contributed by atoms with E-state index >= 15 is 0 Å². The molecule has 0 spiro atoms. The molecule has 0 bridgehead atoms. The van der Waals surface area contributed by atoms with Crippen LogP contribution in [0, 0.1) is 15.3 Å². The summed E-state index contributed by atoms with van der Waals surface area (Å²) in [6.07, 6.45) is 0.110. The Hall–Kier alpha value is -1.18. The molecule has 1 aromatic rings. The van der Waals surface area contributed by atoms with E-state index in [2.05, 4.69) is 4.74 Å². The van der Waals surface area contributed by atoms with Crippen molar-refractivity contribution in [3.05, 3.63) is 27.6 Å². The summed E-state index contributed by atoms with van der Waals surface area (Å²) < 4.78 is 18.6. The number of amides is 1. The fourth-order valence-electron chi connectivity index (χ4n) is 1.96. The van der Waals surface area contributed by atoms with Crippen molar-refractivity contribution in [2.45, 2.75) is 6.42 Å². The van der Waals surface area contributed by atoms with Crippen molar-refractivity contribution in [3.63, 3.8) is 0 Å². The SMILES string of the molecule is COC(=O)C1CC(=O)N(c2cc(F)ccc2I)C1. The third kappa shape index (κ3) is 2.47. The second-order valence-electron chi connectivity index (χ2n) is 4.02. The van der Waals surface area contributed by atoms with E-state index < -0.39 is 17.7 Å². The number of carbonyl (C=O) groups is 2. The fourth-order valence-corrected chi connectivity index (χ4v) is 2.58. The normalized spacial score (nSPS) is 19.2. The van der Waals surface area contributed by atoms with Crippen LogP contribution in [0.15, 0.2) is 18.2 Å². The molecule has 0 radical (unpaired) electrons. The van der Waals surface area contributed by atoms with Crippen LogP contribution in [0.2, 0.25) is 0 Å². The molecule has 4 nitrogen and oxygen atoms in total. The van der Waals surface area contributed by atoms with Gasteiger partial charge in [-0.2, -0.15) is 0 Å². The van der Waals surface area contributed by atoms with Crippen LogP contribution in [-0.2, 0) is 14.3 Å². The Morgan fingerprint density at radius 3 is 2.94 bits per heavy atom. The number of benzene rings is 1. The maximum absolute atomic E-state index is 13.2. The highest BCUT2D eigenvalue weighted by Gasteiger charge is 2.36. The van der Waals surface area contributed by atoms with E-state index in [1.54, 1.807) is 6.07 Å². The number of ether oxygens (including phenoxy) is 1. The van der Waals surface area contributed by atoms with Gasteiger partial charge in [0, 0.05) is 16.5 Å². The summed E-state index contributed by atoms with van der Waals surface area (Å²) in [6.45, 7) is 0.241. The summed E-state index contributed by atoms with van der Waals surface area (Å²) in [5.41, 5.74) is 0.506. The van der Waals surface area contributed by atoms with Crippen molar-refractivity contribution in [1.29, 1.82) is 0 Å². The third-order valence-corrected chi connectivity index (χ3v) is 3.77. The molecule has 1 heterocycles. The molecule has 1 atom stereocenters. The van der Waals surface area contributed by atoms with Gasteiger partial charge in [-0.1, -0.05) is 0 Å². The summed E-state index contributed by atoms with van der Waals surface area (Å²) in [4.78, 5) is 24.7. The Bertz CT molecular complexity index is 506. The predicted octanol–water partition coefficient (Wildman–Crippen LogP) is 1.96. The maximum Gasteiger partial charge on any atom is 0.311 e. The minimum Gasteiger partial charge on any atom is -0.469 e. The van der Waals surface area contributed by atoms with E-state index in [9.17, 15) is 14.0 Å². The lowest BCUT2D eigenvalue weighted by molar-refractivity contribution is -0.145. The molecule has 6 heteroatoms. The highest BCUT2D eigenvalue weighted by Crippen LogP contribution is 2.30. The van der Waals surface area contributed by atoms with Gasteiger partial charge in [-0.3, -0.25) is 9.59 Å². The van der Waals surface area contributed by atoms with Gasteiger partial charge >= 0.3 is 5.97 Å². The zero-order chi connectivity index (χ0) is 13.3. The van der Waals surface area contributed by atoms with E-state index in [-0.39, 0.29) is 18.9 Å². The Kier molecular flexibility index (Phi) is 3.84. The highest BCUT2D eigenvalue weighted by atomic mass is 127. The van der Waals surface area contributed by atoms with Gasteiger partial charge in [-0.15, -0.1) is 0 Å². The number of halogens is 2. The standard InChI is InChI=1S/C12H11FINO3/c1-18-12(17)7-4-11(16)15(6-7)10-5-8(13)2-3-9(10)14/h2-3,5,7H,4,6H2,1H3. The zero-order valence-corrected chi connectivity index (χ0v) is 11.8. The van der Waals surface area contributed by atoms with Gasteiger partial charge in [0.2, 0.25) is 5.91 Å². The molecule has 1 saturated heterocycles. The molecule has 2 rings (SSSR count). The van der Waals surface area contributed by atoms with Crippen LogP contribution < -0.4 is 4.90 Å². The maximum atomic E-state index is 13.2. The number of esters is 1. The molecule has 96 valence electrons. The largest absolute Gasteiger partial charge is 0.469 e. The molecule has 0 aliphatic carbocycles. The molecule has 1 amide bonds. The number of carbonyl (C=O) groups excluding carboxylic acids is 2. The molecule has 1 fully saturated rings. The first-order valence-corrected chi connectivity index (χ1v) is 6.44. The Morgan fingerprint density at radius 2 is 2.28 bits per heavy atom. The molecule has 1 unspecified atom stereocenters. The van der Waals surface area contributed by atoms with Gasteiger partial charge in [0.1, 0.15) is 5.82 Å². The van der Waals surface area contributed by atoms with Crippen molar-refractivity contribution >= 4 is 40.2 Å². The number of nitrogens with zero attached hydrogens (tertiary/aromatic N) is 1. The number of hydrogen-bond acceptors (Lipinski definition) is 3. The summed E-state index contributed by atoms with van der Waals surface area (Å²) in [5, 5.41) is 0. The van der Waals surface area contributed by atoms with E-state index in [0.717, 1.165) is 3.57 Å². The van der Waals surface area contributed by atoms with Crippen LogP contribution >= 0.6 is 22.6 Å².